The van der Waals surface area contributed by atoms with Gasteiger partial charge in [0.25, 0.3) is 5.92 Å². The van der Waals surface area contributed by atoms with Crippen LogP contribution in [0.2, 0.25) is 0 Å². The summed E-state index contributed by atoms with van der Waals surface area (Å²) in [6, 6.07) is 0. The Morgan fingerprint density at radius 1 is 1.30 bits per heavy atom. The van der Waals surface area contributed by atoms with Crippen LogP contribution >= 0.6 is 0 Å². The maximum Gasteiger partial charge on any atom is 0.251 e. The standard InChI is InChI=1S/C8H12F2/c1-5-2-6-3-7(5)8(9,10)4-6/h5-7H,2-4H2,1H3. The van der Waals surface area contributed by atoms with Crippen molar-refractivity contribution in [3.8, 4) is 0 Å². The Kier molecular flexibility index (Phi) is 1.13. The maximum atomic E-state index is 12.9. The molecule has 0 aromatic heterocycles. The molecule has 2 bridgehead atoms. The van der Waals surface area contributed by atoms with E-state index >= 15 is 0 Å². The van der Waals surface area contributed by atoms with Gasteiger partial charge in [0.2, 0.25) is 0 Å². The monoisotopic (exact) mass is 146 g/mol. The fourth-order valence-corrected chi connectivity index (χ4v) is 2.67. The summed E-state index contributed by atoms with van der Waals surface area (Å²) in [5.74, 6) is -1.98. The number of hydrogen-bond donors (Lipinski definition) is 0. The Morgan fingerprint density at radius 3 is 2.30 bits per heavy atom. The van der Waals surface area contributed by atoms with Gasteiger partial charge in [-0.2, -0.15) is 0 Å². The first-order chi connectivity index (χ1) is 4.59. The van der Waals surface area contributed by atoms with Crippen molar-refractivity contribution in [3.05, 3.63) is 0 Å². The minimum atomic E-state index is -2.32. The van der Waals surface area contributed by atoms with Gasteiger partial charge in [0.15, 0.2) is 0 Å². The molecule has 2 heteroatoms. The van der Waals surface area contributed by atoms with Crippen molar-refractivity contribution >= 4 is 0 Å². The fourth-order valence-electron chi connectivity index (χ4n) is 2.67. The van der Waals surface area contributed by atoms with E-state index in [-0.39, 0.29) is 18.3 Å². The van der Waals surface area contributed by atoms with Crippen LogP contribution in [0.15, 0.2) is 0 Å². The van der Waals surface area contributed by atoms with E-state index in [1.54, 1.807) is 0 Å². The molecule has 10 heavy (non-hydrogen) atoms. The zero-order chi connectivity index (χ0) is 7.35. The van der Waals surface area contributed by atoms with Crippen LogP contribution in [-0.2, 0) is 0 Å². The summed E-state index contributed by atoms with van der Waals surface area (Å²) < 4.78 is 25.8. The molecule has 2 fully saturated rings. The number of alkyl halides is 2. The lowest BCUT2D eigenvalue weighted by molar-refractivity contribution is -0.0688. The van der Waals surface area contributed by atoms with Crippen LogP contribution < -0.4 is 0 Å². The predicted molar refractivity (Wildman–Crippen MR) is 34.9 cm³/mol. The first-order valence-corrected chi connectivity index (χ1v) is 3.97. The SMILES string of the molecule is CC1CC2CC1C(F)(F)C2. The summed E-state index contributed by atoms with van der Waals surface area (Å²) in [6.07, 6.45) is 2.00. The summed E-state index contributed by atoms with van der Waals surface area (Å²) in [5.41, 5.74) is 0. The highest BCUT2D eigenvalue weighted by atomic mass is 19.3. The first kappa shape index (κ1) is 6.56. The summed E-state index contributed by atoms with van der Waals surface area (Å²) in [4.78, 5) is 0. The Bertz CT molecular complexity index is 153. The lowest BCUT2D eigenvalue weighted by Crippen LogP contribution is -2.29. The van der Waals surface area contributed by atoms with Crippen LogP contribution in [-0.4, -0.2) is 5.92 Å². The van der Waals surface area contributed by atoms with Crippen molar-refractivity contribution in [1.82, 2.24) is 0 Å². The lowest BCUT2D eigenvalue weighted by Gasteiger charge is -2.26. The molecule has 0 N–H and O–H groups in total. The zero-order valence-electron chi connectivity index (χ0n) is 6.11. The van der Waals surface area contributed by atoms with Crippen LogP contribution in [0.4, 0.5) is 8.78 Å². The molecule has 0 spiro atoms. The molecule has 2 aliphatic rings. The lowest BCUT2D eigenvalue weighted by atomic mass is 9.87. The van der Waals surface area contributed by atoms with Gasteiger partial charge in [0.05, 0.1) is 0 Å². The number of hydrogen-bond acceptors (Lipinski definition) is 0. The molecule has 3 unspecified atom stereocenters. The third kappa shape index (κ3) is 0.708. The van der Waals surface area contributed by atoms with Crippen LogP contribution in [0.1, 0.15) is 26.2 Å². The van der Waals surface area contributed by atoms with E-state index in [4.69, 9.17) is 0 Å². The Morgan fingerprint density at radius 2 is 2.00 bits per heavy atom. The number of fused-ring (bicyclic) bond motifs is 2. The molecule has 58 valence electrons. The van der Waals surface area contributed by atoms with Crippen molar-refractivity contribution in [2.75, 3.05) is 0 Å². The third-order valence-corrected chi connectivity index (χ3v) is 3.08. The summed E-state index contributed by atoms with van der Waals surface area (Å²) in [6.45, 7) is 1.96. The Hall–Kier alpha value is -0.140. The summed E-state index contributed by atoms with van der Waals surface area (Å²) >= 11 is 0. The predicted octanol–water partition coefficient (Wildman–Crippen LogP) is 2.69. The van der Waals surface area contributed by atoms with E-state index in [9.17, 15) is 8.78 Å². The molecule has 0 radical (unpaired) electrons. The minimum absolute atomic E-state index is 0.169. The normalized spacial score (nSPS) is 50.1. The Balaban J connectivity index is 2.20. The highest BCUT2D eigenvalue weighted by Gasteiger charge is 2.55. The molecule has 0 aromatic carbocycles. The molecular formula is C8H12F2. The number of halogens is 2. The molecule has 0 amide bonds. The average molecular weight is 146 g/mol. The van der Waals surface area contributed by atoms with Crippen molar-refractivity contribution in [3.63, 3.8) is 0 Å². The van der Waals surface area contributed by atoms with Gasteiger partial charge in [-0.3, -0.25) is 0 Å². The largest absolute Gasteiger partial charge is 0.251 e. The molecule has 0 heterocycles. The van der Waals surface area contributed by atoms with Gasteiger partial charge in [-0.05, 0) is 24.7 Å². The van der Waals surface area contributed by atoms with E-state index < -0.39 is 5.92 Å². The van der Waals surface area contributed by atoms with E-state index in [2.05, 4.69) is 0 Å². The topological polar surface area (TPSA) is 0 Å². The molecule has 0 aromatic rings. The molecule has 2 rings (SSSR count). The molecule has 3 atom stereocenters. The van der Waals surface area contributed by atoms with Crippen LogP contribution in [0.3, 0.4) is 0 Å². The van der Waals surface area contributed by atoms with Gasteiger partial charge in [0, 0.05) is 12.3 Å². The fraction of sp³-hybridized carbons (Fsp3) is 1.00. The smallest absolute Gasteiger partial charge is 0.207 e. The first-order valence-electron chi connectivity index (χ1n) is 3.97. The van der Waals surface area contributed by atoms with E-state index in [0.29, 0.717) is 5.92 Å². The Labute approximate surface area is 59.6 Å². The highest BCUT2D eigenvalue weighted by molar-refractivity contribution is 4.98. The van der Waals surface area contributed by atoms with Gasteiger partial charge in [0.1, 0.15) is 0 Å². The van der Waals surface area contributed by atoms with E-state index in [1.165, 1.54) is 0 Å². The summed E-state index contributed by atoms with van der Waals surface area (Å²) in [5, 5.41) is 0. The number of rotatable bonds is 0. The third-order valence-electron chi connectivity index (χ3n) is 3.08. The van der Waals surface area contributed by atoms with Gasteiger partial charge in [-0.25, -0.2) is 8.78 Å². The molecule has 0 saturated heterocycles. The van der Waals surface area contributed by atoms with Gasteiger partial charge in [-0.1, -0.05) is 6.92 Å². The molecule has 0 nitrogen and oxygen atoms in total. The van der Waals surface area contributed by atoms with Gasteiger partial charge in [-0.15, -0.1) is 0 Å². The highest BCUT2D eigenvalue weighted by Crippen LogP contribution is 2.56. The zero-order valence-corrected chi connectivity index (χ0v) is 6.11. The van der Waals surface area contributed by atoms with Crippen molar-refractivity contribution in [1.29, 1.82) is 0 Å². The van der Waals surface area contributed by atoms with Crippen LogP contribution in [0.25, 0.3) is 0 Å². The molecular weight excluding hydrogens is 134 g/mol. The van der Waals surface area contributed by atoms with E-state index in [0.717, 1.165) is 12.8 Å². The average Bonchev–Trinajstić information content (AvgIpc) is 2.18. The minimum Gasteiger partial charge on any atom is -0.207 e. The second-order valence-electron chi connectivity index (χ2n) is 3.89. The second-order valence-corrected chi connectivity index (χ2v) is 3.89. The van der Waals surface area contributed by atoms with Crippen molar-refractivity contribution in [2.45, 2.75) is 32.1 Å². The molecule has 0 aliphatic heterocycles. The molecule has 2 saturated carbocycles. The quantitative estimate of drug-likeness (QED) is 0.493. The molecule has 2 aliphatic carbocycles. The van der Waals surface area contributed by atoms with Gasteiger partial charge >= 0.3 is 0 Å². The van der Waals surface area contributed by atoms with E-state index in [1.807, 2.05) is 6.92 Å². The summed E-state index contributed by atoms with van der Waals surface area (Å²) in [7, 11) is 0. The van der Waals surface area contributed by atoms with Gasteiger partial charge < -0.3 is 0 Å². The van der Waals surface area contributed by atoms with Crippen molar-refractivity contribution < 1.29 is 8.78 Å². The van der Waals surface area contributed by atoms with Crippen LogP contribution in [0, 0.1) is 17.8 Å². The maximum absolute atomic E-state index is 12.9. The van der Waals surface area contributed by atoms with Crippen molar-refractivity contribution in [2.24, 2.45) is 17.8 Å². The van der Waals surface area contributed by atoms with Crippen LogP contribution in [0.5, 0.6) is 0 Å². The second kappa shape index (κ2) is 1.72.